The zero-order chi connectivity index (χ0) is 16.4. The Morgan fingerprint density at radius 2 is 1.78 bits per heavy atom. The lowest BCUT2D eigenvalue weighted by atomic mass is 9.45. The molecule has 0 heterocycles. The van der Waals surface area contributed by atoms with Gasteiger partial charge in [0.15, 0.2) is 5.78 Å². The molecule has 4 fully saturated rings. The third kappa shape index (κ3) is 2.01. The van der Waals surface area contributed by atoms with Crippen molar-refractivity contribution in [3.05, 3.63) is 11.8 Å². The molecule has 0 aromatic heterocycles. The topological polar surface area (TPSA) is 57.5 Å². The number of fused-ring (bicyclic) bond motifs is 5. The summed E-state index contributed by atoms with van der Waals surface area (Å²) in [6.45, 7) is 4.68. The highest BCUT2D eigenvalue weighted by atomic mass is 16.3. The molecule has 4 aliphatic rings. The lowest BCUT2D eigenvalue weighted by molar-refractivity contribution is -0.135. The van der Waals surface area contributed by atoms with Crippen molar-refractivity contribution in [1.29, 1.82) is 0 Å². The molecule has 2 N–H and O–H groups in total. The molecule has 0 bridgehead atoms. The van der Waals surface area contributed by atoms with E-state index < -0.39 is 0 Å². The Morgan fingerprint density at radius 1 is 1.04 bits per heavy atom. The molecule has 4 rings (SSSR count). The van der Waals surface area contributed by atoms with Crippen LogP contribution in [0.3, 0.4) is 0 Å². The van der Waals surface area contributed by atoms with Crippen molar-refractivity contribution < 1.29 is 15.0 Å². The zero-order valence-electron chi connectivity index (χ0n) is 14.4. The van der Waals surface area contributed by atoms with Gasteiger partial charge in [-0.05, 0) is 79.4 Å². The molecule has 0 aromatic rings. The number of ketones is 1. The summed E-state index contributed by atoms with van der Waals surface area (Å²) < 4.78 is 0. The second-order valence-electron chi connectivity index (χ2n) is 9.25. The zero-order valence-corrected chi connectivity index (χ0v) is 14.4. The second kappa shape index (κ2) is 5.08. The van der Waals surface area contributed by atoms with Gasteiger partial charge in [-0.2, -0.15) is 0 Å². The number of hydrogen-bond donors (Lipinski definition) is 2. The number of aliphatic hydroxyl groups excluding tert-OH is 2. The average molecular weight is 318 g/mol. The van der Waals surface area contributed by atoms with Crippen LogP contribution in [-0.4, -0.2) is 22.1 Å². The first-order chi connectivity index (χ1) is 10.9. The standard InChI is InChI=1S/C20H30O3/c1-19-8-7-16-14(15(19)5-6-18(19)23)4-3-13-9-17(22)12(11-21)10-20(13,16)2/h11,13-16,18,21,23H,3-10H2,1-2H3/b12-11+/t13-,14-,15-,16+,18-,19-,20-/m0/s1. The summed E-state index contributed by atoms with van der Waals surface area (Å²) in [5.41, 5.74) is 0.911. The Labute approximate surface area is 139 Å². The monoisotopic (exact) mass is 318 g/mol. The maximum absolute atomic E-state index is 12.2. The van der Waals surface area contributed by atoms with Crippen LogP contribution in [0.4, 0.5) is 0 Å². The van der Waals surface area contributed by atoms with Gasteiger partial charge in [0.1, 0.15) is 0 Å². The van der Waals surface area contributed by atoms with Crippen molar-refractivity contribution in [1.82, 2.24) is 0 Å². The highest BCUT2D eigenvalue weighted by Gasteiger charge is 2.60. The maximum atomic E-state index is 12.2. The molecule has 23 heavy (non-hydrogen) atoms. The molecule has 0 unspecified atom stereocenters. The van der Waals surface area contributed by atoms with Crippen LogP contribution in [0.25, 0.3) is 0 Å². The molecular formula is C20H30O3. The predicted octanol–water partition coefficient (Wildman–Crippen LogP) is 4.01. The van der Waals surface area contributed by atoms with Crippen LogP contribution in [0.2, 0.25) is 0 Å². The van der Waals surface area contributed by atoms with Gasteiger partial charge < -0.3 is 10.2 Å². The molecule has 0 spiro atoms. The van der Waals surface area contributed by atoms with Crippen LogP contribution in [0.15, 0.2) is 11.8 Å². The Kier molecular flexibility index (Phi) is 3.46. The fourth-order valence-electron chi connectivity index (χ4n) is 7.10. The molecule has 3 heteroatoms. The summed E-state index contributed by atoms with van der Waals surface area (Å²) >= 11 is 0. The van der Waals surface area contributed by atoms with Crippen molar-refractivity contribution in [2.75, 3.05) is 0 Å². The Hall–Kier alpha value is -0.830. The van der Waals surface area contributed by atoms with Crippen LogP contribution >= 0.6 is 0 Å². The normalized spacial score (nSPS) is 54.5. The first kappa shape index (κ1) is 15.7. The van der Waals surface area contributed by atoms with E-state index in [4.69, 9.17) is 0 Å². The minimum absolute atomic E-state index is 0.116. The van der Waals surface area contributed by atoms with E-state index >= 15 is 0 Å². The van der Waals surface area contributed by atoms with Crippen molar-refractivity contribution in [3.63, 3.8) is 0 Å². The molecule has 0 aromatic carbocycles. The lowest BCUT2D eigenvalue weighted by Gasteiger charge is -2.60. The van der Waals surface area contributed by atoms with E-state index in [1.807, 2.05) is 0 Å². The summed E-state index contributed by atoms with van der Waals surface area (Å²) in [5.74, 6) is 2.63. The van der Waals surface area contributed by atoms with Gasteiger partial charge in [-0.15, -0.1) is 0 Å². The largest absolute Gasteiger partial charge is 0.515 e. The molecule has 3 nitrogen and oxygen atoms in total. The molecule has 7 atom stereocenters. The van der Waals surface area contributed by atoms with Gasteiger partial charge >= 0.3 is 0 Å². The summed E-state index contributed by atoms with van der Waals surface area (Å²) in [7, 11) is 0. The highest BCUT2D eigenvalue weighted by molar-refractivity contribution is 5.96. The minimum Gasteiger partial charge on any atom is -0.515 e. The van der Waals surface area contributed by atoms with E-state index in [0.717, 1.165) is 31.9 Å². The third-order valence-corrected chi connectivity index (χ3v) is 8.53. The molecule has 4 aliphatic carbocycles. The van der Waals surface area contributed by atoms with Gasteiger partial charge in [0.2, 0.25) is 0 Å². The first-order valence-corrected chi connectivity index (χ1v) is 9.44. The van der Waals surface area contributed by atoms with Crippen molar-refractivity contribution in [2.24, 2.45) is 34.5 Å². The van der Waals surface area contributed by atoms with Crippen molar-refractivity contribution >= 4 is 5.78 Å². The number of rotatable bonds is 0. The average Bonchev–Trinajstić information content (AvgIpc) is 2.83. The highest BCUT2D eigenvalue weighted by Crippen LogP contribution is 2.66. The van der Waals surface area contributed by atoms with Crippen LogP contribution < -0.4 is 0 Å². The number of allylic oxidation sites excluding steroid dienone is 1. The molecule has 4 saturated carbocycles. The smallest absolute Gasteiger partial charge is 0.162 e. The molecule has 0 aliphatic heterocycles. The van der Waals surface area contributed by atoms with Crippen molar-refractivity contribution in [2.45, 2.75) is 71.3 Å². The van der Waals surface area contributed by atoms with Crippen molar-refractivity contribution in [3.8, 4) is 0 Å². The summed E-state index contributed by atoms with van der Waals surface area (Å²) in [6, 6.07) is 0. The molecule has 0 radical (unpaired) electrons. The molecule has 0 saturated heterocycles. The van der Waals surface area contributed by atoms with Gasteiger partial charge in [-0.3, -0.25) is 4.79 Å². The fourth-order valence-corrected chi connectivity index (χ4v) is 7.10. The SMILES string of the molecule is C[C@]12C/C(=C\O)C(=O)C[C@@H]1CC[C@@H]1[C@H]2CC[C@]2(C)[C@@H](O)CC[C@@H]12. The number of hydrogen-bond acceptors (Lipinski definition) is 3. The summed E-state index contributed by atoms with van der Waals surface area (Å²) in [6.07, 6.45) is 9.11. The number of carbonyl (C=O) groups is 1. The molecule has 128 valence electrons. The molecule has 0 amide bonds. The first-order valence-electron chi connectivity index (χ1n) is 9.44. The number of carbonyl (C=O) groups excluding carboxylic acids is 1. The van der Waals surface area contributed by atoms with Gasteiger partial charge in [0.05, 0.1) is 12.4 Å². The number of aliphatic hydroxyl groups is 2. The van der Waals surface area contributed by atoms with Gasteiger partial charge in [-0.1, -0.05) is 13.8 Å². The Morgan fingerprint density at radius 3 is 2.52 bits per heavy atom. The van der Waals surface area contributed by atoms with E-state index in [-0.39, 0.29) is 22.7 Å². The minimum atomic E-state index is -0.125. The van der Waals surface area contributed by atoms with E-state index in [9.17, 15) is 15.0 Å². The fraction of sp³-hybridized carbons (Fsp3) is 0.850. The van der Waals surface area contributed by atoms with Crippen LogP contribution in [0.5, 0.6) is 0 Å². The van der Waals surface area contributed by atoms with Crippen LogP contribution in [0.1, 0.15) is 65.2 Å². The van der Waals surface area contributed by atoms with Gasteiger partial charge in [0.25, 0.3) is 0 Å². The van der Waals surface area contributed by atoms with E-state index in [1.165, 1.54) is 19.3 Å². The van der Waals surface area contributed by atoms with Crippen LogP contribution in [-0.2, 0) is 4.79 Å². The van der Waals surface area contributed by atoms with E-state index in [0.29, 0.717) is 35.7 Å². The second-order valence-corrected chi connectivity index (χ2v) is 9.25. The van der Waals surface area contributed by atoms with E-state index in [2.05, 4.69) is 13.8 Å². The van der Waals surface area contributed by atoms with Crippen LogP contribution in [0, 0.1) is 34.5 Å². The third-order valence-electron chi connectivity index (χ3n) is 8.53. The Balaban J connectivity index is 1.66. The number of Topliss-reactive ketones (excluding diaryl/α,β-unsaturated/α-hetero) is 1. The lowest BCUT2D eigenvalue weighted by Crippen LogP contribution is -2.54. The van der Waals surface area contributed by atoms with Gasteiger partial charge in [0, 0.05) is 12.0 Å². The molecular weight excluding hydrogens is 288 g/mol. The Bertz CT molecular complexity index is 553. The summed E-state index contributed by atoms with van der Waals surface area (Å²) in [4.78, 5) is 12.2. The van der Waals surface area contributed by atoms with E-state index in [1.54, 1.807) is 0 Å². The maximum Gasteiger partial charge on any atom is 0.162 e. The van der Waals surface area contributed by atoms with Gasteiger partial charge in [-0.25, -0.2) is 0 Å². The quantitative estimate of drug-likeness (QED) is 0.524. The summed E-state index contributed by atoms with van der Waals surface area (Å²) in [5, 5.41) is 20.0. The predicted molar refractivity (Wildman–Crippen MR) is 88.8 cm³/mol.